The lowest BCUT2D eigenvalue weighted by Gasteiger charge is -2.16. The van der Waals surface area contributed by atoms with Crippen LogP contribution in [0.2, 0.25) is 10.0 Å². The van der Waals surface area contributed by atoms with Crippen molar-refractivity contribution >= 4 is 28.9 Å². The summed E-state index contributed by atoms with van der Waals surface area (Å²) >= 11 is 11.9. The summed E-state index contributed by atoms with van der Waals surface area (Å²) in [6, 6.07) is 7.53. The normalized spacial score (nSPS) is 10.9. The van der Waals surface area contributed by atoms with Gasteiger partial charge in [0.15, 0.2) is 0 Å². The summed E-state index contributed by atoms with van der Waals surface area (Å²) in [5.74, 6) is 0. The molecule has 1 N–H and O–H groups in total. The fourth-order valence-corrected chi connectivity index (χ4v) is 1.56. The van der Waals surface area contributed by atoms with Gasteiger partial charge in [0.05, 0.1) is 22.2 Å². The zero-order chi connectivity index (χ0) is 12.2. The first-order valence-corrected chi connectivity index (χ1v) is 5.80. The summed E-state index contributed by atoms with van der Waals surface area (Å²) in [5.41, 5.74) is 0.487. The van der Waals surface area contributed by atoms with E-state index in [0.717, 1.165) is 12.1 Å². The maximum Gasteiger partial charge on any atom is 0.0684 e. The van der Waals surface area contributed by atoms with Gasteiger partial charge in [-0.05, 0) is 38.5 Å². The predicted octanol–water partition coefficient (Wildman–Crippen LogP) is 4.35. The smallest absolute Gasteiger partial charge is 0.0684 e. The van der Waals surface area contributed by atoms with E-state index in [1.165, 1.54) is 0 Å². The molecule has 0 saturated carbocycles. The highest BCUT2D eigenvalue weighted by Crippen LogP contribution is 2.26. The molecular formula is C12H14Cl2N2. The van der Waals surface area contributed by atoms with Crippen LogP contribution in [0.1, 0.15) is 20.3 Å². The maximum absolute atomic E-state index is 8.86. The molecule has 2 nitrogen and oxygen atoms in total. The summed E-state index contributed by atoms with van der Waals surface area (Å²) in [4.78, 5) is 0. The van der Waals surface area contributed by atoms with Crippen LogP contribution in [0.25, 0.3) is 0 Å². The summed E-state index contributed by atoms with van der Waals surface area (Å²) in [6.07, 6.45) is 0.756. The molecule has 0 radical (unpaired) electrons. The molecular weight excluding hydrogens is 243 g/mol. The van der Waals surface area contributed by atoms with Crippen LogP contribution >= 0.6 is 23.2 Å². The number of benzene rings is 1. The van der Waals surface area contributed by atoms with E-state index in [9.17, 15) is 0 Å². The van der Waals surface area contributed by atoms with Crippen molar-refractivity contribution in [3.8, 4) is 6.07 Å². The second-order valence-electron chi connectivity index (χ2n) is 4.30. The van der Waals surface area contributed by atoms with Crippen LogP contribution in [-0.4, -0.2) is 6.54 Å². The maximum atomic E-state index is 8.86. The van der Waals surface area contributed by atoms with Gasteiger partial charge in [-0.2, -0.15) is 5.26 Å². The van der Waals surface area contributed by atoms with Crippen molar-refractivity contribution in [2.45, 2.75) is 20.3 Å². The van der Waals surface area contributed by atoms with Gasteiger partial charge < -0.3 is 5.32 Å². The Kier molecular flexibility index (Phi) is 4.46. The van der Waals surface area contributed by atoms with E-state index in [4.69, 9.17) is 28.5 Å². The van der Waals surface area contributed by atoms with Crippen LogP contribution in [0.3, 0.4) is 0 Å². The predicted molar refractivity (Wildman–Crippen MR) is 69.0 cm³/mol. The Bertz CT molecular complexity index is 408. The third kappa shape index (κ3) is 3.92. The Balaban J connectivity index is 2.56. The van der Waals surface area contributed by atoms with Crippen LogP contribution in [-0.2, 0) is 0 Å². The monoisotopic (exact) mass is 256 g/mol. The lowest BCUT2D eigenvalue weighted by atomic mass is 9.91. The largest absolute Gasteiger partial charge is 0.384 e. The van der Waals surface area contributed by atoms with Crippen molar-refractivity contribution in [2.75, 3.05) is 11.9 Å². The van der Waals surface area contributed by atoms with Gasteiger partial charge in [0.25, 0.3) is 0 Å². The van der Waals surface area contributed by atoms with Crippen LogP contribution < -0.4 is 5.32 Å². The van der Waals surface area contributed by atoms with Crippen molar-refractivity contribution in [3.63, 3.8) is 0 Å². The first kappa shape index (κ1) is 13.2. The molecule has 1 rings (SSSR count). The van der Waals surface area contributed by atoms with Crippen LogP contribution in [0.15, 0.2) is 18.2 Å². The second kappa shape index (κ2) is 5.43. The average Bonchev–Trinajstić information content (AvgIpc) is 2.23. The van der Waals surface area contributed by atoms with Crippen molar-refractivity contribution < 1.29 is 0 Å². The number of rotatable bonds is 4. The fourth-order valence-electron chi connectivity index (χ4n) is 1.20. The number of hydrogen-bond donors (Lipinski definition) is 1. The van der Waals surface area contributed by atoms with Crippen molar-refractivity contribution in [1.29, 1.82) is 5.26 Å². The third-order valence-electron chi connectivity index (χ3n) is 2.30. The Hall–Kier alpha value is -0.910. The van der Waals surface area contributed by atoms with Gasteiger partial charge in [-0.3, -0.25) is 0 Å². The SMILES string of the molecule is CC(C)(C#N)CCNc1cc(Cl)ccc1Cl. The summed E-state index contributed by atoms with van der Waals surface area (Å²) < 4.78 is 0. The van der Waals surface area contributed by atoms with Gasteiger partial charge in [0.1, 0.15) is 0 Å². The molecule has 0 aliphatic carbocycles. The lowest BCUT2D eigenvalue weighted by molar-refractivity contribution is 0.466. The second-order valence-corrected chi connectivity index (χ2v) is 5.14. The Morgan fingerprint density at radius 3 is 2.69 bits per heavy atom. The van der Waals surface area contributed by atoms with Gasteiger partial charge in [-0.1, -0.05) is 23.2 Å². The molecule has 0 bridgehead atoms. The number of halogens is 2. The highest BCUT2D eigenvalue weighted by atomic mass is 35.5. The topological polar surface area (TPSA) is 35.8 Å². The van der Waals surface area contributed by atoms with E-state index in [2.05, 4.69) is 11.4 Å². The molecule has 0 aliphatic heterocycles. The van der Waals surface area contributed by atoms with E-state index in [0.29, 0.717) is 16.6 Å². The van der Waals surface area contributed by atoms with E-state index < -0.39 is 0 Å². The fraction of sp³-hybridized carbons (Fsp3) is 0.417. The van der Waals surface area contributed by atoms with Crippen LogP contribution in [0, 0.1) is 16.7 Å². The number of anilines is 1. The molecule has 0 fully saturated rings. The quantitative estimate of drug-likeness (QED) is 0.870. The summed E-state index contributed by atoms with van der Waals surface area (Å²) in [7, 11) is 0. The minimum atomic E-state index is -0.321. The first-order chi connectivity index (χ1) is 7.44. The zero-order valence-electron chi connectivity index (χ0n) is 9.35. The molecule has 1 aromatic carbocycles. The molecule has 0 aliphatic rings. The van der Waals surface area contributed by atoms with Gasteiger partial charge in [-0.25, -0.2) is 0 Å². The average molecular weight is 257 g/mol. The molecule has 0 unspecified atom stereocenters. The number of nitriles is 1. The van der Waals surface area contributed by atoms with Gasteiger partial charge in [0, 0.05) is 11.6 Å². The number of hydrogen-bond acceptors (Lipinski definition) is 2. The van der Waals surface area contributed by atoms with Gasteiger partial charge in [0.2, 0.25) is 0 Å². The van der Waals surface area contributed by atoms with Crippen molar-refractivity contribution in [1.82, 2.24) is 0 Å². The standard InChI is InChI=1S/C12H14Cl2N2/c1-12(2,8-15)5-6-16-11-7-9(13)3-4-10(11)14/h3-4,7,16H,5-6H2,1-2H3. The molecule has 0 atom stereocenters. The number of nitrogens with one attached hydrogen (secondary N) is 1. The molecule has 0 saturated heterocycles. The molecule has 0 spiro atoms. The molecule has 0 amide bonds. The van der Waals surface area contributed by atoms with E-state index in [-0.39, 0.29) is 5.41 Å². The molecule has 1 aromatic rings. The highest BCUT2D eigenvalue weighted by molar-refractivity contribution is 6.35. The van der Waals surface area contributed by atoms with Crippen LogP contribution in [0.4, 0.5) is 5.69 Å². The Morgan fingerprint density at radius 2 is 2.06 bits per heavy atom. The van der Waals surface area contributed by atoms with Crippen molar-refractivity contribution in [3.05, 3.63) is 28.2 Å². The Labute approximate surface area is 106 Å². The van der Waals surface area contributed by atoms with Crippen molar-refractivity contribution in [2.24, 2.45) is 5.41 Å². The van der Waals surface area contributed by atoms with E-state index >= 15 is 0 Å². The van der Waals surface area contributed by atoms with Crippen LogP contribution in [0.5, 0.6) is 0 Å². The first-order valence-electron chi connectivity index (χ1n) is 5.05. The summed E-state index contributed by atoms with van der Waals surface area (Å²) in [6.45, 7) is 4.52. The molecule has 4 heteroatoms. The zero-order valence-corrected chi connectivity index (χ0v) is 10.9. The number of nitrogens with zero attached hydrogens (tertiary/aromatic N) is 1. The summed E-state index contributed by atoms with van der Waals surface area (Å²) in [5, 5.41) is 13.3. The minimum Gasteiger partial charge on any atom is -0.384 e. The lowest BCUT2D eigenvalue weighted by Crippen LogP contribution is -2.14. The Morgan fingerprint density at radius 1 is 1.38 bits per heavy atom. The minimum absolute atomic E-state index is 0.321. The highest BCUT2D eigenvalue weighted by Gasteiger charge is 2.15. The van der Waals surface area contributed by atoms with Gasteiger partial charge >= 0.3 is 0 Å². The van der Waals surface area contributed by atoms with Gasteiger partial charge in [-0.15, -0.1) is 0 Å². The molecule has 16 heavy (non-hydrogen) atoms. The molecule has 86 valence electrons. The molecule has 0 aromatic heterocycles. The van der Waals surface area contributed by atoms with E-state index in [1.54, 1.807) is 18.2 Å². The van der Waals surface area contributed by atoms with E-state index in [1.807, 2.05) is 13.8 Å². The third-order valence-corrected chi connectivity index (χ3v) is 2.86. The molecule has 0 heterocycles.